The van der Waals surface area contributed by atoms with Gasteiger partial charge in [-0.3, -0.25) is 0 Å². The summed E-state index contributed by atoms with van der Waals surface area (Å²) in [4.78, 5) is 0. The molecule has 4 N–H and O–H groups in total. The second-order valence-electron chi connectivity index (χ2n) is 6.90. The molecule has 5 heteroatoms. The fourth-order valence-corrected chi connectivity index (χ4v) is 2.88. The van der Waals surface area contributed by atoms with Gasteiger partial charge >= 0.3 is 0 Å². The summed E-state index contributed by atoms with van der Waals surface area (Å²) in [6.45, 7) is 2.02. The van der Waals surface area contributed by atoms with Crippen LogP contribution in [0.15, 0.2) is 91.0 Å². The summed E-state index contributed by atoms with van der Waals surface area (Å²) in [5.74, 6) is 3.81. The van der Waals surface area contributed by atoms with Crippen molar-refractivity contribution in [2.75, 3.05) is 11.5 Å². The standard InChI is InChI=1S/C25H22N2O3/c1-17-3-2-4-22(13-17)30-25-15-23(28-20-9-5-18(26)6-10-20)14-24(16-25)29-21-11-7-19(27)8-12-21/h2-16H,26-27H2,1H3. The normalized spacial score (nSPS) is 10.4. The molecule has 0 saturated carbocycles. The minimum Gasteiger partial charge on any atom is -0.457 e. The van der Waals surface area contributed by atoms with Gasteiger partial charge in [-0.1, -0.05) is 12.1 Å². The van der Waals surface area contributed by atoms with E-state index in [4.69, 9.17) is 25.7 Å². The van der Waals surface area contributed by atoms with Crippen molar-refractivity contribution in [1.82, 2.24) is 0 Å². The molecule has 0 unspecified atom stereocenters. The van der Waals surface area contributed by atoms with Crippen molar-refractivity contribution < 1.29 is 14.2 Å². The van der Waals surface area contributed by atoms with Crippen LogP contribution in [-0.4, -0.2) is 0 Å². The summed E-state index contributed by atoms with van der Waals surface area (Å²) < 4.78 is 18.0. The van der Waals surface area contributed by atoms with Crippen LogP contribution in [0.2, 0.25) is 0 Å². The van der Waals surface area contributed by atoms with Gasteiger partial charge < -0.3 is 25.7 Å². The van der Waals surface area contributed by atoms with Crippen LogP contribution in [0.5, 0.6) is 34.5 Å². The number of anilines is 2. The number of ether oxygens (including phenoxy) is 3. The topological polar surface area (TPSA) is 79.7 Å². The lowest BCUT2D eigenvalue weighted by Crippen LogP contribution is -1.92. The average molecular weight is 398 g/mol. The molecule has 0 spiro atoms. The Hall–Kier alpha value is -4.12. The Labute approximate surface area is 175 Å². The predicted molar refractivity (Wildman–Crippen MR) is 120 cm³/mol. The fourth-order valence-electron chi connectivity index (χ4n) is 2.88. The van der Waals surface area contributed by atoms with Gasteiger partial charge in [-0.2, -0.15) is 0 Å². The molecule has 0 heterocycles. The van der Waals surface area contributed by atoms with Crippen LogP contribution in [-0.2, 0) is 0 Å². The van der Waals surface area contributed by atoms with Gasteiger partial charge in [0, 0.05) is 29.6 Å². The summed E-state index contributed by atoms with van der Waals surface area (Å²) in [5, 5.41) is 0. The van der Waals surface area contributed by atoms with Crippen molar-refractivity contribution in [3.63, 3.8) is 0 Å². The van der Waals surface area contributed by atoms with E-state index >= 15 is 0 Å². The Morgan fingerprint density at radius 3 is 1.33 bits per heavy atom. The van der Waals surface area contributed by atoms with Crippen LogP contribution in [0.1, 0.15) is 5.56 Å². The molecule has 0 saturated heterocycles. The van der Waals surface area contributed by atoms with E-state index in [1.807, 2.05) is 67.6 Å². The Kier molecular flexibility index (Phi) is 5.44. The van der Waals surface area contributed by atoms with Crippen molar-refractivity contribution in [1.29, 1.82) is 0 Å². The van der Waals surface area contributed by atoms with Crippen LogP contribution in [0.25, 0.3) is 0 Å². The highest BCUT2D eigenvalue weighted by Gasteiger charge is 2.08. The van der Waals surface area contributed by atoms with Gasteiger partial charge in [0.25, 0.3) is 0 Å². The monoisotopic (exact) mass is 398 g/mol. The van der Waals surface area contributed by atoms with E-state index < -0.39 is 0 Å². The van der Waals surface area contributed by atoms with Crippen LogP contribution in [0, 0.1) is 6.92 Å². The average Bonchev–Trinajstić information content (AvgIpc) is 2.71. The third-order valence-electron chi connectivity index (χ3n) is 4.31. The van der Waals surface area contributed by atoms with E-state index in [0.717, 1.165) is 11.3 Å². The van der Waals surface area contributed by atoms with Crippen LogP contribution >= 0.6 is 0 Å². The third-order valence-corrected chi connectivity index (χ3v) is 4.31. The zero-order valence-corrected chi connectivity index (χ0v) is 16.5. The molecular weight excluding hydrogens is 376 g/mol. The lowest BCUT2D eigenvalue weighted by molar-refractivity contribution is 0.440. The Balaban J connectivity index is 1.65. The summed E-state index contributed by atoms with van der Waals surface area (Å²) >= 11 is 0. The van der Waals surface area contributed by atoms with E-state index in [1.54, 1.807) is 30.3 Å². The maximum atomic E-state index is 6.05. The van der Waals surface area contributed by atoms with Crippen LogP contribution < -0.4 is 25.7 Å². The zero-order valence-electron chi connectivity index (χ0n) is 16.5. The second-order valence-corrected chi connectivity index (χ2v) is 6.90. The maximum Gasteiger partial charge on any atom is 0.134 e. The Morgan fingerprint density at radius 1 is 0.467 bits per heavy atom. The van der Waals surface area contributed by atoms with E-state index in [2.05, 4.69) is 0 Å². The van der Waals surface area contributed by atoms with Gasteiger partial charge in [0.2, 0.25) is 0 Å². The minimum absolute atomic E-state index is 0.579. The highest BCUT2D eigenvalue weighted by Crippen LogP contribution is 2.35. The highest BCUT2D eigenvalue weighted by molar-refractivity contribution is 5.49. The summed E-state index contributed by atoms with van der Waals surface area (Å²) in [7, 11) is 0. The number of hydrogen-bond acceptors (Lipinski definition) is 5. The van der Waals surface area contributed by atoms with Crippen molar-refractivity contribution in [2.24, 2.45) is 0 Å². The number of nitrogen functional groups attached to an aromatic ring is 2. The molecule has 4 rings (SSSR count). The van der Waals surface area contributed by atoms with E-state index in [0.29, 0.717) is 40.1 Å². The number of nitrogens with two attached hydrogens (primary N) is 2. The second kappa shape index (κ2) is 8.49. The van der Waals surface area contributed by atoms with E-state index in [-0.39, 0.29) is 0 Å². The molecular formula is C25H22N2O3. The molecule has 4 aromatic rings. The van der Waals surface area contributed by atoms with Crippen molar-refractivity contribution >= 4 is 11.4 Å². The van der Waals surface area contributed by atoms with Gasteiger partial charge in [0.1, 0.15) is 34.5 Å². The highest BCUT2D eigenvalue weighted by atomic mass is 16.5. The number of hydrogen-bond donors (Lipinski definition) is 2. The molecule has 0 bridgehead atoms. The van der Waals surface area contributed by atoms with Gasteiger partial charge in [0.05, 0.1) is 0 Å². The molecule has 0 aliphatic heterocycles. The molecule has 5 nitrogen and oxygen atoms in total. The zero-order chi connectivity index (χ0) is 20.9. The quantitative estimate of drug-likeness (QED) is 0.361. The largest absolute Gasteiger partial charge is 0.457 e. The van der Waals surface area contributed by atoms with Gasteiger partial charge in [-0.05, 0) is 73.2 Å². The van der Waals surface area contributed by atoms with Crippen molar-refractivity contribution in [3.8, 4) is 34.5 Å². The lowest BCUT2D eigenvalue weighted by atomic mass is 10.2. The van der Waals surface area contributed by atoms with E-state index in [9.17, 15) is 0 Å². The number of benzene rings is 4. The van der Waals surface area contributed by atoms with Crippen molar-refractivity contribution in [3.05, 3.63) is 96.6 Å². The SMILES string of the molecule is Cc1cccc(Oc2cc(Oc3ccc(N)cc3)cc(Oc3ccc(N)cc3)c2)c1. The van der Waals surface area contributed by atoms with Crippen LogP contribution in [0.3, 0.4) is 0 Å². The first-order chi connectivity index (χ1) is 14.5. The summed E-state index contributed by atoms with van der Waals surface area (Å²) in [6.07, 6.45) is 0. The molecule has 0 aromatic heterocycles. The first-order valence-electron chi connectivity index (χ1n) is 9.50. The minimum atomic E-state index is 0.579. The summed E-state index contributed by atoms with van der Waals surface area (Å²) in [5.41, 5.74) is 14.0. The molecule has 0 aliphatic carbocycles. The fraction of sp³-hybridized carbons (Fsp3) is 0.0400. The van der Waals surface area contributed by atoms with Crippen LogP contribution in [0.4, 0.5) is 11.4 Å². The maximum absolute atomic E-state index is 6.05. The predicted octanol–water partition coefficient (Wildman–Crippen LogP) is 6.54. The lowest BCUT2D eigenvalue weighted by Gasteiger charge is -2.13. The Morgan fingerprint density at radius 2 is 0.900 bits per heavy atom. The molecule has 30 heavy (non-hydrogen) atoms. The first kappa shape index (κ1) is 19.2. The molecule has 150 valence electrons. The first-order valence-corrected chi connectivity index (χ1v) is 9.50. The number of aryl methyl sites for hydroxylation is 1. The van der Waals surface area contributed by atoms with Gasteiger partial charge in [-0.25, -0.2) is 0 Å². The Bertz CT molecular complexity index is 1070. The molecule has 0 atom stereocenters. The molecule has 0 amide bonds. The molecule has 4 aromatic carbocycles. The summed E-state index contributed by atoms with van der Waals surface area (Å²) in [6, 6.07) is 27.6. The molecule has 0 aliphatic rings. The molecule has 0 radical (unpaired) electrons. The van der Waals surface area contributed by atoms with Gasteiger partial charge in [0.15, 0.2) is 0 Å². The van der Waals surface area contributed by atoms with E-state index in [1.165, 1.54) is 0 Å². The van der Waals surface area contributed by atoms with Crippen molar-refractivity contribution in [2.45, 2.75) is 6.92 Å². The smallest absolute Gasteiger partial charge is 0.134 e. The number of rotatable bonds is 6. The van der Waals surface area contributed by atoms with Gasteiger partial charge in [-0.15, -0.1) is 0 Å². The third kappa shape index (κ3) is 5.02. The molecule has 0 fully saturated rings.